The number of hydrogen-bond donors (Lipinski definition) is 2. The Hall–Kier alpha value is -2.66. The van der Waals surface area contributed by atoms with Gasteiger partial charge in [0.05, 0.1) is 0 Å². The lowest BCUT2D eigenvalue weighted by Gasteiger charge is -2.32. The van der Waals surface area contributed by atoms with Gasteiger partial charge in [-0.3, -0.25) is 14.5 Å². The number of hydrogen-bond acceptors (Lipinski definition) is 3. The number of carbonyl (C=O) groups is 2. The van der Waals surface area contributed by atoms with Crippen LogP contribution in [0.4, 0.5) is 5.69 Å². The third kappa shape index (κ3) is 6.16. The van der Waals surface area contributed by atoms with Gasteiger partial charge in [-0.15, -0.1) is 0 Å². The van der Waals surface area contributed by atoms with Crippen molar-refractivity contribution in [2.24, 2.45) is 0 Å². The maximum Gasteiger partial charge on any atom is 0.313 e. The molecule has 2 N–H and O–H groups in total. The number of amides is 2. The van der Waals surface area contributed by atoms with E-state index in [4.69, 9.17) is 0 Å². The number of carbonyl (C=O) groups excluding carboxylic acids is 2. The van der Waals surface area contributed by atoms with Crippen LogP contribution in [-0.2, 0) is 21.5 Å². The van der Waals surface area contributed by atoms with Gasteiger partial charge in [-0.25, -0.2) is 0 Å². The average molecular weight is 394 g/mol. The molecule has 2 aromatic rings. The predicted octanol–water partition coefficient (Wildman–Crippen LogP) is 3.70. The lowest BCUT2D eigenvalue weighted by atomic mass is 9.87. The topological polar surface area (TPSA) is 61.4 Å². The fraction of sp³-hybridized carbons (Fsp3) is 0.417. The highest BCUT2D eigenvalue weighted by Crippen LogP contribution is 2.23. The van der Waals surface area contributed by atoms with Crippen molar-refractivity contribution in [1.82, 2.24) is 10.2 Å². The summed E-state index contributed by atoms with van der Waals surface area (Å²) in [6.45, 7) is 9.16. The molecule has 1 aliphatic heterocycles. The number of benzene rings is 2. The van der Waals surface area contributed by atoms with E-state index in [0.717, 1.165) is 32.5 Å². The summed E-state index contributed by atoms with van der Waals surface area (Å²) < 4.78 is 0. The Kier molecular flexibility index (Phi) is 6.70. The van der Waals surface area contributed by atoms with Gasteiger partial charge in [-0.05, 0) is 41.5 Å². The van der Waals surface area contributed by atoms with Gasteiger partial charge in [0, 0.05) is 31.4 Å². The van der Waals surface area contributed by atoms with Gasteiger partial charge < -0.3 is 10.6 Å². The quantitative estimate of drug-likeness (QED) is 0.779. The minimum atomic E-state index is -0.611. The Labute approximate surface area is 173 Å². The molecule has 0 bridgehead atoms. The third-order valence-corrected chi connectivity index (χ3v) is 5.39. The van der Waals surface area contributed by atoms with Crippen molar-refractivity contribution >= 4 is 17.5 Å². The highest BCUT2D eigenvalue weighted by atomic mass is 16.2. The second kappa shape index (κ2) is 9.23. The molecule has 5 heteroatoms. The zero-order valence-electron chi connectivity index (χ0n) is 17.6. The Balaban J connectivity index is 1.44. The molecule has 29 heavy (non-hydrogen) atoms. The Morgan fingerprint density at radius 1 is 0.931 bits per heavy atom. The van der Waals surface area contributed by atoms with Crippen molar-refractivity contribution in [2.45, 2.75) is 51.6 Å². The number of piperidine rings is 1. The van der Waals surface area contributed by atoms with E-state index < -0.39 is 11.8 Å². The monoisotopic (exact) mass is 393 g/mol. The molecule has 154 valence electrons. The van der Waals surface area contributed by atoms with Crippen LogP contribution >= 0.6 is 0 Å². The second-order valence-corrected chi connectivity index (χ2v) is 8.79. The number of nitrogens with one attached hydrogen (secondary N) is 2. The summed E-state index contributed by atoms with van der Waals surface area (Å²) in [4.78, 5) is 26.9. The van der Waals surface area contributed by atoms with E-state index in [2.05, 4.69) is 60.6 Å². The Morgan fingerprint density at radius 2 is 1.55 bits per heavy atom. The van der Waals surface area contributed by atoms with E-state index >= 15 is 0 Å². The SMILES string of the molecule is CC(C)(C)c1ccc(NC(=O)C(=O)NC2CCN(Cc3ccccc3)CC2)cc1. The number of anilines is 1. The fourth-order valence-corrected chi connectivity index (χ4v) is 3.57. The van der Waals surface area contributed by atoms with Crippen LogP contribution in [0.5, 0.6) is 0 Å². The van der Waals surface area contributed by atoms with Crippen LogP contribution in [0.25, 0.3) is 0 Å². The molecule has 0 saturated carbocycles. The van der Waals surface area contributed by atoms with Crippen LogP contribution in [0.2, 0.25) is 0 Å². The average Bonchev–Trinajstić information content (AvgIpc) is 2.70. The van der Waals surface area contributed by atoms with Gasteiger partial charge in [-0.2, -0.15) is 0 Å². The van der Waals surface area contributed by atoms with Crippen LogP contribution in [0.3, 0.4) is 0 Å². The highest BCUT2D eigenvalue weighted by molar-refractivity contribution is 6.39. The molecule has 1 fully saturated rings. The van der Waals surface area contributed by atoms with Gasteiger partial charge >= 0.3 is 11.8 Å². The van der Waals surface area contributed by atoms with E-state index in [-0.39, 0.29) is 11.5 Å². The maximum absolute atomic E-state index is 12.3. The largest absolute Gasteiger partial charge is 0.345 e. The first-order valence-corrected chi connectivity index (χ1v) is 10.3. The van der Waals surface area contributed by atoms with Crippen LogP contribution in [0, 0.1) is 0 Å². The van der Waals surface area contributed by atoms with E-state index in [0.29, 0.717) is 5.69 Å². The van der Waals surface area contributed by atoms with Crippen LogP contribution in [0.1, 0.15) is 44.7 Å². The predicted molar refractivity (Wildman–Crippen MR) is 117 cm³/mol. The molecule has 1 heterocycles. The molecule has 2 aromatic carbocycles. The lowest BCUT2D eigenvalue weighted by Crippen LogP contribution is -2.47. The molecule has 0 aromatic heterocycles. The van der Waals surface area contributed by atoms with E-state index in [1.54, 1.807) is 0 Å². The van der Waals surface area contributed by atoms with Gasteiger partial charge in [0.2, 0.25) is 0 Å². The molecule has 3 rings (SSSR count). The summed E-state index contributed by atoms with van der Waals surface area (Å²) >= 11 is 0. The molecule has 0 radical (unpaired) electrons. The van der Waals surface area contributed by atoms with E-state index in [1.165, 1.54) is 11.1 Å². The Bertz CT molecular complexity index is 817. The molecule has 0 aliphatic carbocycles. The molecule has 1 aliphatic rings. The van der Waals surface area contributed by atoms with Crippen molar-refractivity contribution < 1.29 is 9.59 Å². The van der Waals surface area contributed by atoms with Crippen LogP contribution < -0.4 is 10.6 Å². The molecular formula is C24H31N3O2. The molecule has 0 unspecified atom stereocenters. The van der Waals surface area contributed by atoms with Gasteiger partial charge in [0.1, 0.15) is 0 Å². The van der Waals surface area contributed by atoms with E-state index in [1.807, 2.05) is 30.3 Å². The van der Waals surface area contributed by atoms with Crippen molar-refractivity contribution in [3.05, 3.63) is 65.7 Å². The summed E-state index contributed by atoms with van der Waals surface area (Å²) in [7, 11) is 0. The minimum Gasteiger partial charge on any atom is -0.345 e. The summed E-state index contributed by atoms with van der Waals surface area (Å²) in [6.07, 6.45) is 1.71. The summed E-state index contributed by atoms with van der Waals surface area (Å²) in [5, 5.41) is 5.57. The van der Waals surface area contributed by atoms with Crippen LogP contribution in [-0.4, -0.2) is 35.8 Å². The number of rotatable bonds is 4. The van der Waals surface area contributed by atoms with Gasteiger partial charge in [0.15, 0.2) is 0 Å². The summed E-state index contributed by atoms with van der Waals surface area (Å²) in [6, 6.07) is 18.1. The van der Waals surface area contributed by atoms with Crippen molar-refractivity contribution in [2.75, 3.05) is 18.4 Å². The first-order valence-electron chi connectivity index (χ1n) is 10.3. The standard InChI is InChI=1S/C24H31N3O2/c1-24(2,3)19-9-11-20(12-10-19)25-22(28)23(29)26-21-13-15-27(16-14-21)17-18-7-5-4-6-8-18/h4-12,21H,13-17H2,1-3H3,(H,25,28)(H,26,29). The zero-order chi connectivity index (χ0) is 20.9. The lowest BCUT2D eigenvalue weighted by molar-refractivity contribution is -0.136. The third-order valence-electron chi connectivity index (χ3n) is 5.39. The number of nitrogens with zero attached hydrogens (tertiary/aromatic N) is 1. The Morgan fingerprint density at radius 3 is 2.14 bits per heavy atom. The molecule has 1 saturated heterocycles. The molecule has 5 nitrogen and oxygen atoms in total. The van der Waals surface area contributed by atoms with Crippen LogP contribution in [0.15, 0.2) is 54.6 Å². The fourth-order valence-electron chi connectivity index (χ4n) is 3.57. The van der Waals surface area contributed by atoms with Crippen molar-refractivity contribution in [1.29, 1.82) is 0 Å². The molecular weight excluding hydrogens is 362 g/mol. The van der Waals surface area contributed by atoms with Gasteiger partial charge in [0.25, 0.3) is 0 Å². The second-order valence-electron chi connectivity index (χ2n) is 8.79. The molecule has 0 spiro atoms. The first kappa shape index (κ1) is 21.1. The number of likely N-dealkylation sites (tertiary alicyclic amines) is 1. The van der Waals surface area contributed by atoms with Crippen molar-refractivity contribution in [3.8, 4) is 0 Å². The highest BCUT2D eigenvalue weighted by Gasteiger charge is 2.23. The summed E-state index contributed by atoms with van der Waals surface area (Å²) in [5.41, 5.74) is 3.17. The van der Waals surface area contributed by atoms with E-state index in [9.17, 15) is 9.59 Å². The maximum atomic E-state index is 12.3. The molecule has 0 atom stereocenters. The summed E-state index contributed by atoms with van der Waals surface area (Å²) in [5.74, 6) is -1.17. The first-order chi connectivity index (χ1) is 13.8. The zero-order valence-corrected chi connectivity index (χ0v) is 17.6. The van der Waals surface area contributed by atoms with Crippen molar-refractivity contribution in [3.63, 3.8) is 0 Å². The van der Waals surface area contributed by atoms with Gasteiger partial charge in [-0.1, -0.05) is 63.2 Å². The normalized spacial score (nSPS) is 15.7. The smallest absolute Gasteiger partial charge is 0.313 e. The minimum absolute atomic E-state index is 0.0449. The molecule has 2 amide bonds.